The quantitative estimate of drug-likeness (QED) is 0.675. The summed E-state index contributed by atoms with van der Waals surface area (Å²) in [4.78, 5) is 38.6. The molecular formula is C21H19ClN4O3. The Morgan fingerprint density at radius 2 is 1.86 bits per heavy atom. The van der Waals surface area contributed by atoms with Crippen molar-refractivity contribution in [3.8, 4) is 0 Å². The third-order valence-corrected chi connectivity index (χ3v) is 5.37. The van der Waals surface area contributed by atoms with Gasteiger partial charge in [-0.15, -0.1) is 0 Å². The van der Waals surface area contributed by atoms with E-state index < -0.39 is 11.9 Å². The number of hydrogen-bond acceptors (Lipinski definition) is 3. The lowest BCUT2D eigenvalue weighted by Gasteiger charge is -2.18. The predicted molar refractivity (Wildman–Crippen MR) is 111 cm³/mol. The Morgan fingerprint density at radius 1 is 1.14 bits per heavy atom. The Kier molecular flexibility index (Phi) is 4.98. The number of carbonyl (C=O) groups is 3. The van der Waals surface area contributed by atoms with Crippen molar-refractivity contribution in [2.24, 2.45) is 5.73 Å². The molecule has 7 nitrogen and oxygen atoms in total. The number of aromatic nitrogens is 1. The van der Waals surface area contributed by atoms with Crippen LogP contribution in [0.15, 0.2) is 54.7 Å². The Bertz CT molecular complexity index is 1120. The van der Waals surface area contributed by atoms with Crippen LogP contribution in [0.25, 0.3) is 10.9 Å². The van der Waals surface area contributed by atoms with Crippen LogP contribution in [0.3, 0.4) is 0 Å². The minimum absolute atomic E-state index is 0.0241. The number of nitrogens with zero attached hydrogens (tertiary/aromatic N) is 2. The fourth-order valence-corrected chi connectivity index (χ4v) is 3.93. The van der Waals surface area contributed by atoms with Crippen LogP contribution in [0.2, 0.25) is 5.02 Å². The van der Waals surface area contributed by atoms with E-state index in [4.69, 9.17) is 17.3 Å². The van der Waals surface area contributed by atoms with E-state index in [2.05, 4.69) is 5.32 Å². The van der Waals surface area contributed by atoms with E-state index in [1.807, 2.05) is 18.2 Å². The summed E-state index contributed by atoms with van der Waals surface area (Å²) in [5.41, 5.74) is 7.17. The summed E-state index contributed by atoms with van der Waals surface area (Å²) >= 11 is 6.19. The van der Waals surface area contributed by atoms with Gasteiger partial charge in [-0.1, -0.05) is 41.9 Å². The van der Waals surface area contributed by atoms with Gasteiger partial charge in [-0.3, -0.25) is 14.4 Å². The van der Waals surface area contributed by atoms with Gasteiger partial charge in [-0.05, 0) is 24.6 Å². The lowest BCUT2D eigenvalue weighted by atomic mass is 10.2. The molecule has 148 valence electrons. The molecule has 0 radical (unpaired) electrons. The summed E-state index contributed by atoms with van der Waals surface area (Å²) in [6.07, 6.45) is 2.06. The molecule has 0 aliphatic carbocycles. The van der Waals surface area contributed by atoms with Crippen LogP contribution in [0, 0.1) is 0 Å². The minimum Gasteiger partial charge on any atom is -0.366 e. The van der Waals surface area contributed by atoms with Crippen LogP contribution >= 0.6 is 11.6 Å². The van der Waals surface area contributed by atoms with Crippen molar-refractivity contribution in [2.75, 3.05) is 11.4 Å². The van der Waals surface area contributed by atoms with E-state index >= 15 is 0 Å². The van der Waals surface area contributed by atoms with Crippen LogP contribution in [0.4, 0.5) is 5.69 Å². The maximum absolute atomic E-state index is 12.7. The largest absolute Gasteiger partial charge is 0.366 e. The van der Waals surface area contributed by atoms with Crippen LogP contribution in [-0.4, -0.2) is 34.9 Å². The molecule has 3 amide bonds. The number of amides is 3. The summed E-state index contributed by atoms with van der Waals surface area (Å²) in [6.45, 7) is 0.454. The molecule has 1 aromatic heterocycles. The smallest absolute Gasteiger partial charge is 0.250 e. The third kappa shape index (κ3) is 3.56. The first kappa shape index (κ1) is 19.0. The molecule has 8 heteroatoms. The van der Waals surface area contributed by atoms with Crippen LogP contribution in [-0.2, 0) is 16.1 Å². The standard InChI is InChI=1S/C21H19ClN4O3/c22-15-6-2-4-8-18(15)26-10-9-16(21(26)29)24-19(27)12-25-11-14(20(23)28)13-5-1-3-7-17(13)25/h1-8,11,16H,9-10,12H2,(H2,23,28)(H,24,27). The van der Waals surface area contributed by atoms with Gasteiger partial charge in [-0.2, -0.15) is 0 Å². The molecule has 0 saturated carbocycles. The maximum Gasteiger partial charge on any atom is 0.250 e. The third-order valence-electron chi connectivity index (χ3n) is 5.05. The van der Waals surface area contributed by atoms with Crippen molar-refractivity contribution in [2.45, 2.75) is 19.0 Å². The molecule has 29 heavy (non-hydrogen) atoms. The second kappa shape index (κ2) is 7.60. The van der Waals surface area contributed by atoms with Crippen molar-refractivity contribution >= 4 is 45.9 Å². The van der Waals surface area contributed by atoms with E-state index in [9.17, 15) is 14.4 Å². The van der Waals surface area contributed by atoms with Crippen molar-refractivity contribution in [1.82, 2.24) is 9.88 Å². The van der Waals surface area contributed by atoms with Gasteiger partial charge in [0.15, 0.2) is 0 Å². The molecule has 2 aromatic carbocycles. The Labute approximate surface area is 172 Å². The molecular weight excluding hydrogens is 392 g/mol. The summed E-state index contributed by atoms with van der Waals surface area (Å²) in [5.74, 6) is -1.07. The van der Waals surface area contributed by atoms with Crippen molar-refractivity contribution in [3.05, 3.63) is 65.3 Å². The van der Waals surface area contributed by atoms with Gasteiger partial charge < -0.3 is 20.5 Å². The normalized spacial score (nSPS) is 16.4. The lowest BCUT2D eigenvalue weighted by Crippen LogP contribution is -2.42. The number of nitrogens with one attached hydrogen (secondary N) is 1. The topological polar surface area (TPSA) is 97.4 Å². The summed E-state index contributed by atoms with van der Waals surface area (Å²) in [7, 11) is 0. The summed E-state index contributed by atoms with van der Waals surface area (Å²) in [5, 5.41) is 3.97. The molecule has 1 fully saturated rings. The number of anilines is 1. The zero-order valence-corrected chi connectivity index (χ0v) is 16.2. The summed E-state index contributed by atoms with van der Waals surface area (Å²) < 4.78 is 1.66. The monoisotopic (exact) mass is 410 g/mol. The molecule has 1 saturated heterocycles. The SMILES string of the molecule is NC(=O)c1cn(CC(=O)NC2CCN(c3ccccc3Cl)C2=O)c2ccccc12. The number of rotatable bonds is 5. The van der Waals surface area contributed by atoms with E-state index in [0.717, 1.165) is 5.52 Å². The summed E-state index contributed by atoms with van der Waals surface area (Å²) in [6, 6.07) is 13.7. The van der Waals surface area contributed by atoms with E-state index in [1.54, 1.807) is 46.0 Å². The second-order valence-corrected chi connectivity index (χ2v) is 7.31. The number of hydrogen-bond donors (Lipinski definition) is 2. The van der Waals surface area contributed by atoms with E-state index in [0.29, 0.717) is 34.6 Å². The van der Waals surface area contributed by atoms with Gasteiger partial charge >= 0.3 is 0 Å². The first-order valence-corrected chi connectivity index (χ1v) is 9.56. The molecule has 1 atom stereocenters. The number of benzene rings is 2. The number of nitrogens with two attached hydrogens (primary N) is 1. The Morgan fingerprint density at radius 3 is 2.62 bits per heavy atom. The molecule has 3 N–H and O–H groups in total. The molecule has 3 aromatic rings. The maximum atomic E-state index is 12.7. The highest BCUT2D eigenvalue weighted by atomic mass is 35.5. The molecule has 4 rings (SSSR count). The first-order chi connectivity index (χ1) is 14.0. The van der Waals surface area contributed by atoms with Crippen molar-refractivity contribution in [3.63, 3.8) is 0 Å². The zero-order valence-electron chi connectivity index (χ0n) is 15.5. The number of primary amides is 1. The van der Waals surface area contributed by atoms with Gasteiger partial charge in [0, 0.05) is 23.6 Å². The van der Waals surface area contributed by atoms with Gasteiger partial charge in [-0.25, -0.2) is 0 Å². The minimum atomic E-state index is -0.615. The van der Waals surface area contributed by atoms with E-state index in [-0.39, 0.29) is 18.4 Å². The van der Waals surface area contributed by atoms with Crippen molar-refractivity contribution < 1.29 is 14.4 Å². The highest BCUT2D eigenvalue weighted by Crippen LogP contribution is 2.29. The zero-order chi connectivity index (χ0) is 20.5. The number of halogens is 1. The molecule has 1 unspecified atom stereocenters. The second-order valence-electron chi connectivity index (χ2n) is 6.90. The van der Waals surface area contributed by atoms with Crippen LogP contribution in [0.1, 0.15) is 16.8 Å². The molecule has 1 aliphatic heterocycles. The van der Waals surface area contributed by atoms with Crippen molar-refractivity contribution in [1.29, 1.82) is 0 Å². The number of carbonyl (C=O) groups excluding carboxylic acids is 3. The van der Waals surface area contributed by atoms with Crippen LogP contribution < -0.4 is 16.0 Å². The predicted octanol–water partition coefficient (Wildman–Crippen LogP) is 2.32. The van der Waals surface area contributed by atoms with Gasteiger partial charge in [0.25, 0.3) is 5.91 Å². The van der Waals surface area contributed by atoms with Gasteiger partial charge in [0.1, 0.15) is 12.6 Å². The highest BCUT2D eigenvalue weighted by Gasteiger charge is 2.34. The average molecular weight is 411 g/mol. The fourth-order valence-electron chi connectivity index (χ4n) is 3.69. The number of para-hydroxylation sites is 2. The Balaban J connectivity index is 1.49. The first-order valence-electron chi connectivity index (χ1n) is 9.18. The van der Waals surface area contributed by atoms with Gasteiger partial charge in [0.05, 0.1) is 16.3 Å². The molecule has 0 spiro atoms. The number of fused-ring (bicyclic) bond motifs is 1. The van der Waals surface area contributed by atoms with Crippen LogP contribution in [0.5, 0.6) is 0 Å². The fraction of sp³-hybridized carbons (Fsp3) is 0.190. The molecule has 2 heterocycles. The highest BCUT2D eigenvalue weighted by molar-refractivity contribution is 6.34. The van der Waals surface area contributed by atoms with E-state index in [1.165, 1.54) is 0 Å². The Hall–Kier alpha value is -3.32. The molecule has 0 bridgehead atoms. The van der Waals surface area contributed by atoms with Gasteiger partial charge in [0.2, 0.25) is 11.8 Å². The molecule has 1 aliphatic rings. The lowest BCUT2D eigenvalue weighted by molar-refractivity contribution is -0.126. The average Bonchev–Trinajstić information content (AvgIpc) is 3.24.